The Kier molecular flexibility index (Phi) is 5.29. The van der Waals surface area contributed by atoms with Gasteiger partial charge in [0, 0.05) is 16.9 Å². The second-order valence-corrected chi connectivity index (χ2v) is 7.93. The van der Waals surface area contributed by atoms with Crippen molar-refractivity contribution in [2.24, 2.45) is 5.92 Å². The van der Waals surface area contributed by atoms with Gasteiger partial charge in [-0.3, -0.25) is 0 Å². The summed E-state index contributed by atoms with van der Waals surface area (Å²) in [6.07, 6.45) is 1.08. The molecule has 0 aromatic heterocycles. The Morgan fingerprint density at radius 1 is 1.42 bits per heavy atom. The number of rotatable bonds is 5. The fraction of sp³-hybridized carbons (Fsp3) is 0.417. The molecule has 0 aliphatic heterocycles. The van der Waals surface area contributed by atoms with Gasteiger partial charge in [-0.1, -0.05) is 25.4 Å². The second kappa shape index (κ2) is 6.15. The van der Waals surface area contributed by atoms with Crippen LogP contribution in [-0.4, -0.2) is 31.5 Å². The average molecular weight is 323 g/mol. The van der Waals surface area contributed by atoms with E-state index in [0.717, 1.165) is 6.26 Å². The summed E-state index contributed by atoms with van der Waals surface area (Å²) in [4.78, 5) is 11.4. The maximum atomic E-state index is 11.7. The standard InChI is InChI=1S/C12H15ClO4S2/c1-7(2)6-18-11-9(19(3,16)17)5-4-8(10(11)13)12(14)15/h4-5,7H,6H2,1-3H3,(H,14,15). The van der Waals surface area contributed by atoms with Crippen molar-refractivity contribution in [3.05, 3.63) is 22.7 Å². The van der Waals surface area contributed by atoms with Gasteiger partial charge in [0.2, 0.25) is 0 Å². The largest absolute Gasteiger partial charge is 0.478 e. The Bertz CT molecular complexity index is 594. The third kappa shape index (κ3) is 4.12. The SMILES string of the molecule is CC(C)CSc1c(S(C)(=O)=O)ccc(C(=O)O)c1Cl. The smallest absolute Gasteiger partial charge is 0.337 e. The minimum Gasteiger partial charge on any atom is -0.478 e. The Morgan fingerprint density at radius 3 is 2.42 bits per heavy atom. The number of halogens is 1. The number of sulfone groups is 1. The number of hydrogen-bond acceptors (Lipinski definition) is 4. The van der Waals surface area contributed by atoms with Gasteiger partial charge in [0.15, 0.2) is 9.84 Å². The molecule has 0 amide bonds. The molecule has 4 nitrogen and oxygen atoms in total. The van der Waals surface area contributed by atoms with Crippen molar-refractivity contribution in [2.75, 3.05) is 12.0 Å². The summed E-state index contributed by atoms with van der Waals surface area (Å²) in [7, 11) is -3.44. The zero-order chi connectivity index (χ0) is 14.8. The zero-order valence-corrected chi connectivity index (χ0v) is 13.2. The van der Waals surface area contributed by atoms with E-state index in [-0.39, 0.29) is 15.5 Å². The summed E-state index contributed by atoms with van der Waals surface area (Å²) >= 11 is 7.30. The molecule has 106 valence electrons. The second-order valence-electron chi connectivity index (χ2n) is 4.54. The fourth-order valence-corrected chi connectivity index (χ4v) is 4.18. The molecule has 0 aliphatic rings. The maximum absolute atomic E-state index is 11.7. The van der Waals surface area contributed by atoms with Crippen molar-refractivity contribution in [1.29, 1.82) is 0 Å². The van der Waals surface area contributed by atoms with Crippen LogP contribution >= 0.6 is 23.4 Å². The molecule has 0 saturated heterocycles. The van der Waals surface area contributed by atoms with Gasteiger partial charge in [0.1, 0.15) is 0 Å². The molecular formula is C12H15ClO4S2. The number of hydrogen-bond donors (Lipinski definition) is 1. The lowest BCUT2D eigenvalue weighted by Gasteiger charge is -2.13. The Balaban J connectivity index is 3.42. The number of carboxylic acid groups (broad SMARTS) is 1. The third-order valence-corrected chi connectivity index (χ3v) is 5.57. The van der Waals surface area contributed by atoms with Gasteiger partial charge in [-0.15, -0.1) is 11.8 Å². The minimum absolute atomic E-state index is 0.0129. The highest BCUT2D eigenvalue weighted by Crippen LogP contribution is 2.36. The zero-order valence-electron chi connectivity index (χ0n) is 10.8. The first-order valence-corrected chi connectivity index (χ1v) is 8.78. The summed E-state index contributed by atoms with van der Waals surface area (Å²) in [6.45, 7) is 3.98. The van der Waals surface area contributed by atoms with Crippen LogP contribution in [0.3, 0.4) is 0 Å². The average Bonchev–Trinajstić information content (AvgIpc) is 2.24. The van der Waals surface area contributed by atoms with Crippen molar-refractivity contribution >= 4 is 39.2 Å². The number of thioether (sulfide) groups is 1. The third-order valence-electron chi connectivity index (χ3n) is 2.25. The molecule has 0 heterocycles. The van der Waals surface area contributed by atoms with Gasteiger partial charge in [-0.25, -0.2) is 13.2 Å². The molecule has 0 aliphatic carbocycles. The molecule has 0 bridgehead atoms. The van der Waals surface area contributed by atoms with E-state index in [2.05, 4.69) is 0 Å². The van der Waals surface area contributed by atoms with Crippen LogP contribution in [0, 0.1) is 5.92 Å². The van der Waals surface area contributed by atoms with Crippen LogP contribution in [0.2, 0.25) is 5.02 Å². The molecule has 0 unspecified atom stereocenters. The van der Waals surface area contributed by atoms with Gasteiger partial charge < -0.3 is 5.11 Å². The Labute approximate surface area is 122 Å². The summed E-state index contributed by atoms with van der Waals surface area (Å²) in [6, 6.07) is 2.52. The lowest BCUT2D eigenvalue weighted by molar-refractivity contribution is 0.0696. The predicted octanol–water partition coefficient (Wildman–Crippen LogP) is 3.19. The van der Waals surface area contributed by atoms with Crippen LogP contribution in [0.1, 0.15) is 24.2 Å². The predicted molar refractivity (Wildman–Crippen MR) is 77.1 cm³/mol. The van der Waals surface area contributed by atoms with Gasteiger partial charge in [0.25, 0.3) is 0 Å². The van der Waals surface area contributed by atoms with E-state index in [0.29, 0.717) is 16.6 Å². The first kappa shape index (κ1) is 16.3. The number of carbonyl (C=O) groups is 1. The lowest BCUT2D eigenvalue weighted by atomic mass is 10.2. The van der Waals surface area contributed by atoms with Crippen LogP contribution in [0.4, 0.5) is 0 Å². The summed E-state index contributed by atoms with van der Waals surface area (Å²) in [5.41, 5.74) is -0.0830. The molecule has 1 aromatic carbocycles. The number of aromatic carboxylic acids is 1. The van der Waals surface area contributed by atoms with E-state index in [1.165, 1.54) is 23.9 Å². The highest BCUT2D eigenvalue weighted by molar-refractivity contribution is 8.00. The molecule has 0 saturated carbocycles. The van der Waals surface area contributed by atoms with Gasteiger partial charge in [0.05, 0.1) is 15.5 Å². The van der Waals surface area contributed by atoms with Crippen molar-refractivity contribution in [2.45, 2.75) is 23.6 Å². The quantitative estimate of drug-likeness (QED) is 0.843. The van der Waals surface area contributed by atoms with Crippen LogP contribution in [0.15, 0.2) is 21.9 Å². The Morgan fingerprint density at radius 2 is 2.00 bits per heavy atom. The van der Waals surface area contributed by atoms with E-state index in [9.17, 15) is 13.2 Å². The van der Waals surface area contributed by atoms with Gasteiger partial charge in [-0.05, 0) is 18.1 Å². The molecule has 19 heavy (non-hydrogen) atoms. The first-order valence-electron chi connectivity index (χ1n) is 5.53. The van der Waals surface area contributed by atoms with Crippen molar-refractivity contribution in [3.8, 4) is 0 Å². The highest BCUT2D eigenvalue weighted by Gasteiger charge is 2.21. The summed E-state index contributed by atoms with van der Waals surface area (Å²) < 4.78 is 23.4. The lowest BCUT2D eigenvalue weighted by Crippen LogP contribution is -2.05. The molecule has 1 N–H and O–H groups in total. The maximum Gasteiger partial charge on any atom is 0.337 e. The van der Waals surface area contributed by atoms with E-state index >= 15 is 0 Å². The number of benzene rings is 1. The minimum atomic E-state index is -3.44. The van der Waals surface area contributed by atoms with Gasteiger partial charge >= 0.3 is 5.97 Å². The topological polar surface area (TPSA) is 71.4 Å². The molecular weight excluding hydrogens is 308 g/mol. The van der Waals surface area contributed by atoms with E-state index in [1.54, 1.807) is 0 Å². The monoisotopic (exact) mass is 322 g/mol. The van der Waals surface area contributed by atoms with Gasteiger partial charge in [-0.2, -0.15) is 0 Å². The summed E-state index contributed by atoms with van der Waals surface area (Å²) in [5, 5.41) is 9.01. The van der Waals surface area contributed by atoms with Crippen LogP contribution in [-0.2, 0) is 9.84 Å². The van der Waals surface area contributed by atoms with E-state index < -0.39 is 15.8 Å². The van der Waals surface area contributed by atoms with Crippen LogP contribution in [0.25, 0.3) is 0 Å². The highest BCUT2D eigenvalue weighted by atomic mass is 35.5. The van der Waals surface area contributed by atoms with Crippen LogP contribution < -0.4 is 0 Å². The normalized spacial score (nSPS) is 11.8. The number of carboxylic acids is 1. The van der Waals surface area contributed by atoms with E-state index in [4.69, 9.17) is 16.7 Å². The van der Waals surface area contributed by atoms with Crippen molar-refractivity contribution in [3.63, 3.8) is 0 Å². The molecule has 0 atom stereocenters. The molecule has 7 heteroatoms. The summed E-state index contributed by atoms with van der Waals surface area (Å²) in [5.74, 6) is -0.177. The molecule has 0 fully saturated rings. The van der Waals surface area contributed by atoms with Crippen molar-refractivity contribution < 1.29 is 18.3 Å². The van der Waals surface area contributed by atoms with Crippen LogP contribution in [0.5, 0.6) is 0 Å². The van der Waals surface area contributed by atoms with Crippen molar-refractivity contribution in [1.82, 2.24) is 0 Å². The molecule has 0 radical (unpaired) electrons. The molecule has 0 spiro atoms. The molecule has 1 rings (SSSR count). The fourth-order valence-electron chi connectivity index (χ4n) is 1.38. The van der Waals surface area contributed by atoms with E-state index in [1.807, 2.05) is 13.8 Å². The first-order chi connectivity index (χ1) is 8.64. The molecule has 1 aromatic rings. The Hall–Kier alpha value is -0.720.